The lowest BCUT2D eigenvalue weighted by Gasteiger charge is -2.10. The molecule has 23 heavy (non-hydrogen) atoms. The van der Waals surface area contributed by atoms with Gasteiger partial charge in [-0.1, -0.05) is 29.8 Å². The molecule has 0 bridgehead atoms. The van der Waals surface area contributed by atoms with E-state index in [0.717, 1.165) is 28.2 Å². The van der Waals surface area contributed by atoms with Gasteiger partial charge in [0.15, 0.2) is 0 Å². The maximum absolute atomic E-state index is 11.6. The van der Waals surface area contributed by atoms with Gasteiger partial charge in [0.1, 0.15) is 17.9 Å². The van der Waals surface area contributed by atoms with E-state index in [2.05, 4.69) is 15.3 Å². The zero-order valence-corrected chi connectivity index (χ0v) is 13.5. The van der Waals surface area contributed by atoms with Crippen molar-refractivity contribution in [2.45, 2.75) is 6.42 Å². The Kier molecular flexibility index (Phi) is 4.69. The van der Waals surface area contributed by atoms with Crippen LogP contribution in [0.2, 0.25) is 5.02 Å². The summed E-state index contributed by atoms with van der Waals surface area (Å²) < 4.78 is 5.80. The van der Waals surface area contributed by atoms with Crippen LogP contribution in [0.15, 0.2) is 41.2 Å². The Hall–Kier alpha value is -2.24. The zero-order valence-electron chi connectivity index (χ0n) is 12.8. The van der Waals surface area contributed by atoms with Crippen LogP contribution in [0, 0.1) is 0 Å². The number of fused-ring (bicyclic) bond motifs is 1. The van der Waals surface area contributed by atoms with Crippen molar-refractivity contribution in [2.75, 3.05) is 20.2 Å². The topological polar surface area (TPSA) is 69.9 Å². The monoisotopic (exact) mass is 331 g/mol. The lowest BCUT2D eigenvalue weighted by Crippen LogP contribution is -2.16. The molecule has 5 nitrogen and oxygen atoms in total. The van der Waals surface area contributed by atoms with E-state index in [-0.39, 0.29) is 5.69 Å². The van der Waals surface area contributed by atoms with Gasteiger partial charge in [-0.2, -0.15) is 0 Å². The number of aromatic nitrogens is 2. The van der Waals surface area contributed by atoms with E-state index in [4.69, 9.17) is 16.3 Å². The summed E-state index contributed by atoms with van der Waals surface area (Å²) in [6.45, 7) is 1.25. The smallest absolute Gasteiger partial charge is 0.323 e. The average molecular weight is 332 g/mol. The molecule has 0 aliphatic heterocycles. The highest BCUT2D eigenvalue weighted by Gasteiger charge is 2.10. The predicted molar refractivity (Wildman–Crippen MR) is 92.6 cm³/mol. The Morgan fingerprint density at radius 3 is 2.83 bits per heavy atom. The molecule has 1 aromatic heterocycles. The molecule has 0 radical (unpaired) electrons. The van der Waals surface area contributed by atoms with Gasteiger partial charge in [0.25, 0.3) is 0 Å². The molecule has 120 valence electrons. The van der Waals surface area contributed by atoms with Crippen molar-refractivity contribution < 1.29 is 4.74 Å². The van der Waals surface area contributed by atoms with Gasteiger partial charge < -0.3 is 20.0 Å². The SMILES string of the molecule is CNCCOc1cc(Cc2ccccc2Cl)cc2[nH]c(=O)[nH]c12. The lowest BCUT2D eigenvalue weighted by atomic mass is 10.0. The quantitative estimate of drug-likeness (QED) is 0.608. The van der Waals surface area contributed by atoms with Crippen LogP contribution in [0.4, 0.5) is 0 Å². The molecule has 0 aliphatic rings. The van der Waals surface area contributed by atoms with Gasteiger partial charge in [-0.15, -0.1) is 0 Å². The summed E-state index contributed by atoms with van der Waals surface area (Å²) in [7, 11) is 1.87. The molecule has 0 saturated carbocycles. The van der Waals surface area contributed by atoms with Gasteiger partial charge in [-0.05, 0) is 42.8 Å². The minimum absolute atomic E-state index is 0.242. The van der Waals surface area contributed by atoms with Gasteiger partial charge in [0.05, 0.1) is 5.52 Å². The molecule has 1 heterocycles. The van der Waals surface area contributed by atoms with Crippen molar-refractivity contribution >= 4 is 22.6 Å². The van der Waals surface area contributed by atoms with Crippen molar-refractivity contribution in [3.05, 3.63) is 63.0 Å². The van der Waals surface area contributed by atoms with Gasteiger partial charge in [0.2, 0.25) is 0 Å². The number of ether oxygens (including phenoxy) is 1. The maximum atomic E-state index is 11.6. The number of benzene rings is 2. The first kappa shape index (κ1) is 15.6. The Bertz CT molecular complexity index is 870. The molecular formula is C17H18ClN3O2. The number of nitrogens with one attached hydrogen (secondary N) is 3. The molecule has 0 saturated heterocycles. The van der Waals surface area contributed by atoms with E-state index < -0.39 is 0 Å². The third-order valence-corrected chi connectivity index (χ3v) is 3.98. The van der Waals surface area contributed by atoms with Crippen LogP contribution in [0.25, 0.3) is 11.0 Å². The van der Waals surface area contributed by atoms with Crippen LogP contribution < -0.4 is 15.7 Å². The van der Waals surface area contributed by atoms with Crippen molar-refractivity contribution in [1.29, 1.82) is 0 Å². The highest BCUT2D eigenvalue weighted by atomic mass is 35.5. The molecule has 0 fully saturated rings. The molecule has 3 N–H and O–H groups in total. The number of hydrogen-bond acceptors (Lipinski definition) is 3. The fourth-order valence-corrected chi connectivity index (χ4v) is 2.71. The van der Waals surface area contributed by atoms with Gasteiger partial charge in [-0.25, -0.2) is 4.79 Å². The Morgan fingerprint density at radius 1 is 1.22 bits per heavy atom. The maximum Gasteiger partial charge on any atom is 0.323 e. The molecule has 0 aliphatic carbocycles. The molecule has 0 unspecified atom stereocenters. The number of aromatic amines is 2. The van der Waals surface area contributed by atoms with Crippen LogP contribution in [0.3, 0.4) is 0 Å². The normalized spacial score (nSPS) is 11.0. The van der Waals surface area contributed by atoms with Crippen molar-refractivity contribution in [1.82, 2.24) is 15.3 Å². The Labute approximate surface area is 138 Å². The number of hydrogen-bond donors (Lipinski definition) is 3. The first-order valence-corrected chi connectivity index (χ1v) is 7.81. The van der Waals surface area contributed by atoms with Gasteiger partial charge in [0, 0.05) is 11.6 Å². The van der Waals surface area contributed by atoms with Crippen LogP contribution >= 0.6 is 11.6 Å². The Balaban J connectivity index is 1.97. The van der Waals surface area contributed by atoms with Gasteiger partial charge >= 0.3 is 5.69 Å². The van der Waals surface area contributed by atoms with Crippen molar-refractivity contribution in [2.24, 2.45) is 0 Å². The number of halogens is 1. The molecule has 2 aromatic carbocycles. The van der Waals surface area contributed by atoms with E-state index in [9.17, 15) is 4.79 Å². The van der Waals surface area contributed by atoms with E-state index in [1.54, 1.807) is 0 Å². The van der Waals surface area contributed by atoms with Crippen LogP contribution in [-0.2, 0) is 6.42 Å². The highest BCUT2D eigenvalue weighted by molar-refractivity contribution is 6.31. The molecule has 3 rings (SSSR count). The second-order valence-corrected chi connectivity index (χ2v) is 5.72. The molecule has 6 heteroatoms. The molecule has 0 atom stereocenters. The summed E-state index contributed by atoms with van der Waals surface area (Å²) >= 11 is 6.24. The highest BCUT2D eigenvalue weighted by Crippen LogP contribution is 2.27. The number of H-pyrrole nitrogens is 2. The van der Waals surface area contributed by atoms with E-state index in [1.165, 1.54) is 0 Å². The van der Waals surface area contributed by atoms with E-state index >= 15 is 0 Å². The van der Waals surface area contributed by atoms with Crippen molar-refractivity contribution in [3.63, 3.8) is 0 Å². The van der Waals surface area contributed by atoms with Crippen LogP contribution in [0.5, 0.6) is 5.75 Å². The third-order valence-electron chi connectivity index (χ3n) is 3.61. The van der Waals surface area contributed by atoms with E-state index in [0.29, 0.717) is 24.3 Å². The first-order valence-electron chi connectivity index (χ1n) is 7.43. The molecule has 3 aromatic rings. The zero-order chi connectivity index (χ0) is 16.2. The standard InChI is InChI=1S/C17H18ClN3O2/c1-19-6-7-23-15-10-11(8-12-4-2-3-5-13(12)18)9-14-16(15)21-17(22)20-14/h2-5,9-10,19H,6-8H2,1H3,(H2,20,21,22). The van der Waals surface area contributed by atoms with Crippen molar-refractivity contribution in [3.8, 4) is 5.75 Å². The number of rotatable bonds is 6. The summed E-state index contributed by atoms with van der Waals surface area (Å²) in [6.07, 6.45) is 0.672. The molecule has 0 spiro atoms. The molecular weight excluding hydrogens is 314 g/mol. The van der Waals surface area contributed by atoms with E-state index in [1.807, 2.05) is 43.4 Å². The summed E-state index contributed by atoms with van der Waals surface area (Å²) in [5.41, 5.74) is 3.24. The fourth-order valence-electron chi connectivity index (χ4n) is 2.51. The Morgan fingerprint density at radius 2 is 2.04 bits per heavy atom. The minimum Gasteiger partial charge on any atom is -0.490 e. The minimum atomic E-state index is -0.242. The second-order valence-electron chi connectivity index (χ2n) is 5.32. The molecule has 0 amide bonds. The largest absolute Gasteiger partial charge is 0.490 e. The fraction of sp³-hybridized carbons (Fsp3) is 0.235. The number of imidazole rings is 1. The summed E-state index contributed by atoms with van der Waals surface area (Å²) in [5, 5.41) is 3.76. The lowest BCUT2D eigenvalue weighted by molar-refractivity contribution is 0.321. The third kappa shape index (κ3) is 3.57. The summed E-state index contributed by atoms with van der Waals surface area (Å²) in [5.74, 6) is 0.665. The van der Waals surface area contributed by atoms with Crippen LogP contribution in [0.1, 0.15) is 11.1 Å². The first-order chi connectivity index (χ1) is 11.2. The van der Waals surface area contributed by atoms with Gasteiger partial charge in [-0.3, -0.25) is 0 Å². The average Bonchev–Trinajstić information content (AvgIpc) is 2.90. The predicted octanol–water partition coefficient (Wildman–Crippen LogP) is 2.70. The second kappa shape index (κ2) is 6.89. The van der Waals surface area contributed by atoms with Crippen LogP contribution in [-0.4, -0.2) is 30.2 Å². The number of likely N-dealkylation sites (N-methyl/N-ethyl adjacent to an activating group) is 1. The summed E-state index contributed by atoms with van der Waals surface area (Å²) in [4.78, 5) is 17.2. The summed E-state index contributed by atoms with van der Waals surface area (Å²) in [6, 6.07) is 11.6.